The topological polar surface area (TPSA) is 67.2 Å². The normalized spacial score (nSPS) is 14.3. The van der Waals surface area contributed by atoms with Crippen LogP contribution in [0, 0.1) is 0 Å². The molecule has 0 aliphatic carbocycles. The molecule has 0 unspecified atom stereocenters. The van der Waals surface area contributed by atoms with Crippen LogP contribution in [-0.4, -0.2) is 32.3 Å². The highest BCUT2D eigenvalue weighted by Gasteiger charge is 2.24. The first-order chi connectivity index (χ1) is 8.67. The van der Waals surface area contributed by atoms with Gasteiger partial charge in [0.25, 0.3) is 0 Å². The molecule has 0 saturated heterocycles. The molecule has 1 aromatic rings. The first-order valence-electron chi connectivity index (χ1n) is 5.52. The summed E-state index contributed by atoms with van der Waals surface area (Å²) in [7, 11) is 3.09. The predicted molar refractivity (Wildman–Crippen MR) is 70.7 cm³/mol. The van der Waals surface area contributed by atoms with Crippen molar-refractivity contribution in [2.75, 3.05) is 19.5 Å². The number of para-hydroxylation sites is 1. The minimum atomic E-state index is -0.958. The summed E-state index contributed by atoms with van der Waals surface area (Å²) in [6, 6.07) is 7.78. The molecule has 0 fully saturated rings. The Balaban J connectivity index is 2.18. The third kappa shape index (κ3) is 2.66. The molecule has 0 spiro atoms. The van der Waals surface area contributed by atoms with Gasteiger partial charge >= 0.3 is 0 Å². The molecule has 18 heavy (non-hydrogen) atoms. The van der Waals surface area contributed by atoms with Gasteiger partial charge in [0.1, 0.15) is 0 Å². The molecule has 6 heteroatoms. The number of benzene rings is 1. The summed E-state index contributed by atoms with van der Waals surface area (Å²) in [4.78, 5) is 0. The lowest BCUT2D eigenvalue weighted by atomic mass is 10.2. The molecule has 0 amide bonds. The zero-order chi connectivity index (χ0) is 13.0. The maximum Gasteiger partial charge on any atom is 0.247 e. The van der Waals surface area contributed by atoms with E-state index in [4.69, 9.17) is 9.47 Å². The number of guanidine groups is 1. The number of rotatable bonds is 3. The maximum absolute atomic E-state index is 5.21. The van der Waals surface area contributed by atoms with E-state index < -0.39 is 5.91 Å². The minimum absolute atomic E-state index is 0.461. The van der Waals surface area contributed by atoms with Crippen molar-refractivity contribution in [1.29, 1.82) is 0 Å². The second-order valence-corrected chi connectivity index (χ2v) is 3.88. The second-order valence-electron chi connectivity index (χ2n) is 3.88. The van der Waals surface area contributed by atoms with Crippen LogP contribution in [0.25, 0.3) is 0 Å². The van der Waals surface area contributed by atoms with Crippen LogP contribution < -0.4 is 10.6 Å². The van der Waals surface area contributed by atoms with E-state index in [0.29, 0.717) is 5.96 Å². The molecule has 0 aromatic heterocycles. The Morgan fingerprint density at radius 1 is 1.22 bits per heavy atom. The quantitative estimate of drug-likeness (QED) is 0.792. The van der Waals surface area contributed by atoms with Gasteiger partial charge in [-0.2, -0.15) is 5.10 Å². The lowest BCUT2D eigenvalue weighted by Crippen LogP contribution is -2.51. The Morgan fingerprint density at radius 3 is 2.67 bits per heavy atom. The number of nitrogens with one attached hydrogen (secondary N) is 2. The van der Waals surface area contributed by atoms with Crippen LogP contribution >= 0.6 is 0 Å². The second kappa shape index (κ2) is 5.16. The number of nitrogens with zero attached hydrogens (tertiary/aromatic N) is 2. The summed E-state index contributed by atoms with van der Waals surface area (Å²) in [6.45, 7) is 1.75. The Kier molecular flexibility index (Phi) is 3.59. The SMILES string of the molecule is COC(C)(NC1=NN=Cc2ccccc2N1)OC. The monoisotopic (exact) mass is 248 g/mol. The van der Waals surface area contributed by atoms with Crippen LogP contribution in [0.3, 0.4) is 0 Å². The van der Waals surface area contributed by atoms with Crippen molar-refractivity contribution in [2.24, 2.45) is 10.2 Å². The van der Waals surface area contributed by atoms with Crippen LogP contribution in [0.5, 0.6) is 0 Å². The van der Waals surface area contributed by atoms with Gasteiger partial charge in [-0.25, -0.2) is 0 Å². The van der Waals surface area contributed by atoms with Gasteiger partial charge in [0.15, 0.2) is 0 Å². The highest BCUT2D eigenvalue weighted by molar-refractivity contribution is 6.01. The lowest BCUT2D eigenvalue weighted by molar-refractivity contribution is -0.203. The average molecular weight is 248 g/mol. The van der Waals surface area contributed by atoms with Gasteiger partial charge in [0, 0.05) is 32.4 Å². The molecule has 1 aliphatic rings. The van der Waals surface area contributed by atoms with Crippen molar-refractivity contribution in [3.8, 4) is 0 Å². The predicted octanol–water partition coefficient (Wildman–Crippen LogP) is 1.36. The number of methoxy groups -OCH3 is 2. The summed E-state index contributed by atoms with van der Waals surface area (Å²) in [5, 5.41) is 14.1. The average Bonchev–Trinajstić information content (AvgIpc) is 2.60. The van der Waals surface area contributed by atoms with Crippen molar-refractivity contribution < 1.29 is 9.47 Å². The largest absolute Gasteiger partial charge is 0.336 e. The number of hydrogen-bond donors (Lipinski definition) is 2. The van der Waals surface area contributed by atoms with Gasteiger partial charge in [-0.1, -0.05) is 18.2 Å². The molecule has 1 aromatic carbocycles. The van der Waals surface area contributed by atoms with Crippen LogP contribution in [0.2, 0.25) is 0 Å². The Bertz CT molecular complexity index is 481. The van der Waals surface area contributed by atoms with E-state index in [0.717, 1.165) is 11.3 Å². The lowest BCUT2D eigenvalue weighted by Gasteiger charge is -2.28. The smallest absolute Gasteiger partial charge is 0.247 e. The Hall–Kier alpha value is -1.92. The molecule has 1 heterocycles. The molecule has 0 radical (unpaired) electrons. The summed E-state index contributed by atoms with van der Waals surface area (Å²) in [5.41, 5.74) is 1.88. The van der Waals surface area contributed by atoms with E-state index in [9.17, 15) is 0 Å². The molecule has 2 rings (SSSR count). The van der Waals surface area contributed by atoms with E-state index >= 15 is 0 Å². The first kappa shape index (κ1) is 12.5. The zero-order valence-corrected chi connectivity index (χ0v) is 10.6. The molecule has 0 atom stereocenters. The molecular formula is C12H16N4O2. The molecular weight excluding hydrogens is 232 g/mol. The molecule has 2 N–H and O–H groups in total. The van der Waals surface area contributed by atoms with Crippen LogP contribution in [0.1, 0.15) is 12.5 Å². The van der Waals surface area contributed by atoms with Gasteiger partial charge in [-0.15, -0.1) is 5.10 Å². The van der Waals surface area contributed by atoms with Gasteiger partial charge in [0.05, 0.1) is 6.21 Å². The summed E-state index contributed by atoms with van der Waals surface area (Å²) in [6.07, 6.45) is 1.69. The van der Waals surface area contributed by atoms with Crippen LogP contribution in [-0.2, 0) is 9.47 Å². The first-order valence-corrected chi connectivity index (χ1v) is 5.52. The van der Waals surface area contributed by atoms with Gasteiger partial charge < -0.3 is 20.1 Å². The van der Waals surface area contributed by atoms with E-state index in [-0.39, 0.29) is 0 Å². The van der Waals surface area contributed by atoms with Crippen LogP contribution in [0.4, 0.5) is 5.69 Å². The summed E-state index contributed by atoms with van der Waals surface area (Å²) in [5.74, 6) is -0.497. The molecule has 96 valence electrons. The zero-order valence-electron chi connectivity index (χ0n) is 10.6. The Labute approximate surface area is 106 Å². The van der Waals surface area contributed by atoms with Crippen molar-refractivity contribution in [1.82, 2.24) is 5.32 Å². The fourth-order valence-corrected chi connectivity index (χ4v) is 1.48. The summed E-state index contributed by atoms with van der Waals surface area (Å²) >= 11 is 0. The molecule has 0 saturated carbocycles. The van der Waals surface area contributed by atoms with Crippen molar-refractivity contribution in [3.05, 3.63) is 29.8 Å². The number of fused-ring (bicyclic) bond motifs is 1. The van der Waals surface area contributed by atoms with E-state index in [1.165, 1.54) is 0 Å². The van der Waals surface area contributed by atoms with Crippen molar-refractivity contribution in [3.63, 3.8) is 0 Å². The highest BCUT2D eigenvalue weighted by Crippen LogP contribution is 2.15. The molecule has 0 bridgehead atoms. The fourth-order valence-electron chi connectivity index (χ4n) is 1.48. The third-order valence-corrected chi connectivity index (χ3v) is 2.69. The van der Waals surface area contributed by atoms with Gasteiger partial charge in [0.2, 0.25) is 11.9 Å². The standard InChI is InChI=1S/C12H16N4O2/c1-12(17-2,18-3)15-11-14-10-7-5-4-6-9(10)8-13-16-11/h4-8H,1-3H3,(H2,14,15,16). The van der Waals surface area contributed by atoms with E-state index in [1.807, 2.05) is 24.3 Å². The number of ether oxygens (including phenoxy) is 2. The van der Waals surface area contributed by atoms with Crippen LogP contribution in [0.15, 0.2) is 34.5 Å². The van der Waals surface area contributed by atoms with Crippen molar-refractivity contribution >= 4 is 17.9 Å². The Morgan fingerprint density at radius 2 is 1.94 bits per heavy atom. The highest BCUT2D eigenvalue weighted by atomic mass is 16.7. The molecule has 6 nitrogen and oxygen atoms in total. The summed E-state index contributed by atoms with van der Waals surface area (Å²) < 4.78 is 10.4. The fraction of sp³-hybridized carbons (Fsp3) is 0.333. The van der Waals surface area contributed by atoms with Gasteiger partial charge in [-0.3, -0.25) is 0 Å². The number of hydrogen-bond acceptors (Lipinski definition) is 6. The third-order valence-electron chi connectivity index (χ3n) is 2.69. The van der Waals surface area contributed by atoms with Gasteiger partial charge in [-0.05, 0) is 6.07 Å². The maximum atomic E-state index is 5.21. The van der Waals surface area contributed by atoms with E-state index in [1.54, 1.807) is 27.4 Å². The van der Waals surface area contributed by atoms with E-state index in [2.05, 4.69) is 20.8 Å². The van der Waals surface area contributed by atoms with Crippen molar-refractivity contribution in [2.45, 2.75) is 12.8 Å². The molecule has 1 aliphatic heterocycles. The minimum Gasteiger partial charge on any atom is -0.336 e. The number of anilines is 1.